The first-order valence-electron chi connectivity index (χ1n) is 7.60. The number of piperidine rings is 1. The lowest BCUT2D eigenvalue weighted by molar-refractivity contribution is 0.0724. The summed E-state index contributed by atoms with van der Waals surface area (Å²) in [6.07, 6.45) is 4.59. The molecule has 3 rings (SSSR count). The summed E-state index contributed by atoms with van der Waals surface area (Å²) < 4.78 is 32.2. The minimum atomic E-state index is -3.22. The molecule has 0 aliphatic carbocycles. The van der Waals surface area contributed by atoms with Crippen LogP contribution in [0, 0.1) is 0 Å². The Bertz CT molecular complexity index is 608. The molecule has 2 saturated heterocycles. The Morgan fingerprint density at radius 2 is 1.86 bits per heavy atom. The second-order valence-corrected chi connectivity index (χ2v) is 7.89. The fourth-order valence-corrected chi connectivity index (χ4v) is 4.98. The highest BCUT2D eigenvalue weighted by atomic mass is 32.2. The van der Waals surface area contributed by atoms with Crippen molar-refractivity contribution in [2.45, 2.75) is 18.1 Å². The van der Waals surface area contributed by atoms with Gasteiger partial charge in [0, 0.05) is 32.4 Å². The third-order valence-corrected chi connectivity index (χ3v) is 6.76. The molecule has 2 fully saturated rings. The van der Waals surface area contributed by atoms with Crippen LogP contribution in [0.15, 0.2) is 18.5 Å². The molecule has 0 aromatic carbocycles. The molecule has 1 aromatic rings. The number of morpholine rings is 1. The van der Waals surface area contributed by atoms with Gasteiger partial charge in [0.1, 0.15) is 0 Å². The standard InChI is InChI=1S/C14H22N4O3S/c15-13-11-16-4-1-14(13)17-5-2-12(3-6-17)22(19,20)18-7-9-21-10-8-18/h1,4,11-12H,2-3,5-10,15H2. The van der Waals surface area contributed by atoms with Gasteiger partial charge in [0.25, 0.3) is 0 Å². The molecule has 7 nitrogen and oxygen atoms in total. The van der Waals surface area contributed by atoms with Crippen molar-refractivity contribution < 1.29 is 13.2 Å². The number of aromatic nitrogens is 1. The van der Waals surface area contributed by atoms with Gasteiger partial charge in [-0.2, -0.15) is 4.31 Å². The zero-order valence-electron chi connectivity index (χ0n) is 12.5. The maximum absolute atomic E-state index is 12.7. The summed E-state index contributed by atoms with van der Waals surface area (Å²) in [5.41, 5.74) is 7.52. The molecule has 0 spiro atoms. The van der Waals surface area contributed by atoms with Gasteiger partial charge in [-0.05, 0) is 18.9 Å². The number of sulfonamides is 1. The highest BCUT2D eigenvalue weighted by molar-refractivity contribution is 7.89. The fourth-order valence-electron chi connectivity index (χ4n) is 3.09. The smallest absolute Gasteiger partial charge is 0.217 e. The topological polar surface area (TPSA) is 88.8 Å². The molecule has 8 heteroatoms. The number of hydrogen-bond acceptors (Lipinski definition) is 6. The summed E-state index contributed by atoms with van der Waals surface area (Å²) in [6, 6.07) is 1.88. The van der Waals surface area contributed by atoms with Gasteiger partial charge in [0.05, 0.1) is 36.0 Å². The molecule has 0 radical (unpaired) electrons. The van der Waals surface area contributed by atoms with E-state index in [4.69, 9.17) is 10.5 Å². The van der Waals surface area contributed by atoms with Crippen LogP contribution < -0.4 is 10.6 Å². The molecule has 22 heavy (non-hydrogen) atoms. The zero-order valence-corrected chi connectivity index (χ0v) is 13.3. The van der Waals surface area contributed by atoms with Crippen LogP contribution in [0.4, 0.5) is 11.4 Å². The van der Waals surface area contributed by atoms with E-state index >= 15 is 0 Å². The Morgan fingerprint density at radius 3 is 2.50 bits per heavy atom. The SMILES string of the molecule is Nc1cnccc1N1CCC(S(=O)(=O)N2CCOCC2)CC1. The molecule has 0 unspecified atom stereocenters. The molecule has 2 N–H and O–H groups in total. The van der Waals surface area contributed by atoms with Crippen molar-refractivity contribution in [2.75, 3.05) is 50.0 Å². The van der Waals surface area contributed by atoms with E-state index < -0.39 is 10.0 Å². The van der Waals surface area contributed by atoms with Gasteiger partial charge in [0.2, 0.25) is 10.0 Å². The number of ether oxygens (including phenoxy) is 1. The van der Waals surface area contributed by atoms with E-state index in [1.165, 1.54) is 0 Å². The van der Waals surface area contributed by atoms with Gasteiger partial charge in [-0.15, -0.1) is 0 Å². The summed E-state index contributed by atoms with van der Waals surface area (Å²) >= 11 is 0. The third-order valence-electron chi connectivity index (χ3n) is 4.36. The average molecular weight is 326 g/mol. The Labute approximate surface area is 131 Å². The van der Waals surface area contributed by atoms with E-state index in [1.54, 1.807) is 16.7 Å². The Kier molecular flexibility index (Phi) is 4.51. The lowest BCUT2D eigenvalue weighted by Gasteiger charge is -2.36. The molecule has 2 aliphatic rings. The molecular weight excluding hydrogens is 304 g/mol. The molecule has 0 saturated carbocycles. The van der Waals surface area contributed by atoms with Crippen molar-refractivity contribution in [1.29, 1.82) is 0 Å². The van der Waals surface area contributed by atoms with Crippen molar-refractivity contribution >= 4 is 21.4 Å². The van der Waals surface area contributed by atoms with Crippen LogP contribution in [-0.2, 0) is 14.8 Å². The van der Waals surface area contributed by atoms with Crippen LogP contribution in [0.3, 0.4) is 0 Å². The molecule has 0 atom stereocenters. The van der Waals surface area contributed by atoms with Crippen LogP contribution in [0.2, 0.25) is 0 Å². The highest BCUT2D eigenvalue weighted by Crippen LogP contribution is 2.28. The number of pyridine rings is 1. The number of nitrogens with zero attached hydrogens (tertiary/aromatic N) is 3. The van der Waals surface area contributed by atoms with Gasteiger partial charge < -0.3 is 15.4 Å². The summed E-state index contributed by atoms with van der Waals surface area (Å²) in [7, 11) is -3.22. The fraction of sp³-hybridized carbons (Fsp3) is 0.643. The average Bonchev–Trinajstić information content (AvgIpc) is 2.56. The minimum absolute atomic E-state index is 0.301. The molecule has 0 bridgehead atoms. The first kappa shape index (κ1) is 15.5. The van der Waals surface area contributed by atoms with E-state index in [2.05, 4.69) is 9.88 Å². The molecule has 3 heterocycles. The third kappa shape index (κ3) is 3.04. The number of rotatable bonds is 3. The minimum Gasteiger partial charge on any atom is -0.396 e. The number of nitrogens with two attached hydrogens (primary N) is 1. The van der Waals surface area contributed by atoms with Crippen molar-refractivity contribution in [3.63, 3.8) is 0 Å². The molecule has 2 aliphatic heterocycles. The van der Waals surface area contributed by atoms with Crippen LogP contribution in [0.5, 0.6) is 0 Å². The van der Waals surface area contributed by atoms with E-state index in [0.717, 1.165) is 5.69 Å². The largest absolute Gasteiger partial charge is 0.396 e. The maximum Gasteiger partial charge on any atom is 0.217 e. The summed E-state index contributed by atoms with van der Waals surface area (Å²) in [5, 5.41) is -0.301. The van der Waals surface area contributed by atoms with Crippen LogP contribution in [-0.4, -0.2) is 62.3 Å². The highest BCUT2D eigenvalue weighted by Gasteiger charge is 2.35. The van der Waals surface area contributed by atoms with Gasteiger partial charge in [0.15, 0.2) is 0 Å². The summed E-state index contributed by atoms with van der Waals surface area (Å²) in [5.74, 6) is 0. The summed E-state index contributed by atoms with van der Waals surface area (Å²) in [4.78, 5) is 6.13. The number of anilines is 2. The molecule has 1 aromatic heterocycles. The normalized spacial score (nSPS) is 21.9. The van der Waals surface area contributed by atoms with Crippen molar-refractivity contribution in [3.05, 3.63) is 18.5 Å². The first-order chi connectivity index (χ1) is 10.6. The van der Waals surface area contributed by atoms with E-state index in [1.807, 2.05) is 6.07 Å². The van der Waals surface area contributed by atoms with Crippen LogP contribution in [0.1, 0.15) is 12.8 Å². The van der Waals surface area contributed by atoms with Gasteiger partial charge >= 0.3 is 0 Å². The van der Waals surface area contributed by atoms with Crippen molar-refractivity contribution in [1.82, 2.24) is 9.29 Å². The van der Waals surface area contributed by atoms with Gasteiger partial charge in [-0.1, -0.05) is 0 Å². The molecule has 0 amide bonds. The maximum atomic E-state index is 12.7. The predicted molar refractivity (Wildman–Crippen MR) is 85.2 cm³/mol. The van der Waals surface area contributed by atoms with Crippen molar-refractivity contribution in [3.8, 4) is 0 Å². The van der Waals surface area contributed by atoms with Gasteiger partial charge in [-0.25, -0.2) is 8.42 Å². The van der Waals surface area contributed by atoms with Crippen molar-refractivity contribution in [2.24, 2.45) is 0 Å². The quantitative estimate of drug-likeness (QED) is 0.859. The van der Waals surface area contributed by atoms with E-state index in [0.29, 0.717) is 57.9 Å². The second kappa shape index (κ2) is 6.39. The van der Waals surface area contributed by atoms with Gasteiger partial charge in [-0.3, -0.25) is 4.98 Å². The number of hydrogen-bond donors (Lipinski definition) is 1. The van der Waals surface area contributed by atoms with Crippen LogP contribution >= 0.6 is 0 Å². The van der Waals surface area contributed by atoms with E-state index in [9.17, 15) is 8.42 Å². The lowest BCUT2D eigenvalue weighted by Crippen LogP contribution is -2.48. The predicted octanol–water partition coefficient (Wildman–Crippen LogP) is 0.295. The Hall–Kier alpha value is -1.38. The van der Waals surface area contributed by atoms with E-state index in [-0.39, 0.29) is 5.25 Å². The molecular formula is C14H22N4O3S. The first-order valence-corrected chi connectivity index (χ1v) is 9.10. The number of nitrogen functional groups attached to an aromatic ring is 1. The Balaban J connectivity index is 1.65. The van der Waals surface area contributed by atoms with Crippen LogP contribution in [0.25, 0.3) is 0 Å². The lowest BCUT2D eigenvalue weighted by atomic mass is 10.1. The zero-order chi connectivity index (χ0) is 15.6. The molecule has 122 valence electrons. The summed E-state index contributed by atoms with van der Waals surface area (Å²) in [6.45, 7) is 3.32. The second-order valence-electron chi connectivity index (χ2n) is 5.68. The Morgan fingerprint density at radius 1 is 1.18 bits per heavy atom. The monoisotopic (exact) mass is 326 g/mol.